The number of aryl methyl sites for hydroxylation is 1. The number of benzene rings is 1. The Bertz CT molecular complexity index is 577. The van der Waals surface area contributed by atoms with Gasteiger partial charge in [-0.15, -0.1) is 0 Å². The molecular formula is C12H14N4O2. The third-order valence-corrected chi connectivity index (χ3v) is 2.51. The molecule has 1 aromatic heterocycles. The lowest BCUT2D eigenvalue weighted by atomic mass is 10.2. The van der Waals surface area contributed by atoms with Crippen LogP contribution >= 0.6 is 0 Å². The van der Waals surface area contributed by atoms with Gasteiger partial charge in [0.1, 0.15) is 5.75 Å². The highest BCUT2D eigenvalue weighted by Crippen LogP contribution is 2.21. The van der Waals surface area contributed by atoms with Gasteiger partial charge in [-0.1, -0.05) is 0 Å². The molecule has 0 atom stereocenters. The van der Waals surface area contributed by atoms with Crippen LogP contribution < -0.4 is 11.1 Å². The summed E-state index contributed by atoms with van der Waals surface area (Å²) in [7, 11) is 0. The fraction of sp³-hybridized carbons (Fsp3) is 0.167. The summed E-state index contributed by atoms with van der Waals surface area (Å²) in [6.45, 7) is 2.69. The van der Waals surface area contributed by atoms with Gasteiger partial charge in [0.2, 0.25) is 0 Å². The number of anilines is 2. The summed E-state index contributed by atoms with van der Waals surface area (Å²) in [5, 5.41) is 16.2. The molecule has 0 saturated heterocycles. The maximum Gasteiger partial charge on any atom is 0.255 e. The molecule has 0 unspecified atom stereocenters. The van der Waals surface area contributed by atoms with Gasteiger partial charge in [-0.25, -0.2) is 0 Å². The van der Waals surface area contributed by atoms with E-state index >= 15 is 0 Å². The number of rotatable bonds is 3. The van der Waals surface area contributed by atoms with E-state index in [1.807, 2.05) is 6.92 Å². The second-order valence-corrected chi connectivity index (χ2v) is 3.81. The molecular weight excluding hydrogens is 232 g/mol. The fourth-order valence-corrected chi connectivity index (χ4v) is 1.49. The van der Waals surface area contributed by atoms with Crippen molar-refractivity contribution in [3.8, 4) is 5.75 Å². The fourth-order valence-electron chi connectivity index (χ4n) is 1.49. The number of nitrogens with one attached hydrogen (secondary N) is 1. The van der Waals surface area contributed by atoms with E-state index in [9.17, 15) is 9.90 Å². The Balaban J connectivity index is 2.14. The van der Waals surface area contributed by atoms with Gasteiger partial charge in [0, 0.05) is 18.3 Å². The first-order chi connectivity index (χ1) is 8.60. The van der Waals surface area contributed by atoms with Crippen molar-refractivity contribution in [2.24, 2.45) is 0 Å². The van der Waals surface area contributed by atoms with Gasteiger partial charge >= 0.3 is 0 Å². The first-order valence-corrected chi connectivity index (χ1v) is 5.52. The van der Waals surface area contributed by atoms with Crippen LogP contribution in [0.2, 0.25) is 0 Å². The molecule has 1 amide bonds. The number of carbonyl (C=O) groups is 1. The zero-order valence-corrected chi connectivity index (χ0v) is 9.92. The minimum atomic E-state index is -0.319. The summed E-state index contributed by atoms with van der Waals surface area (Å²) in [6, 6.07) is 4.36. The zero-order valence-electron chi connectivity index (χ0n) is 9.92. The summed E-state index contributed by atoms with van der Waals surface area (Å²) in [4.78, 5) is 11.9. The molecule has 0 spiro atoms. The van der Waals surface area contributed by atoms with E-state index in [-0.39, 0.29) is 17.3 Å². The van der Waals surface area contributed by atoms with E-state index in [0.717, 1.165) is 6.54 Å². The molecule has 0 aliphatic rings. The number of phenolic OH excluding ortho intramolecular Hbond substituents is 1. The third kappa shape index (κ3) is 2.42. The van der Waals surface area contributed by atoms with Gasteiger partial charge < -0.3 is 16.2 Å². The lowest BCUT2D eigenvalue weighted by Gasteiger charge is -2.04. The number of phenols is 1. The number of aromatic hydroxyl groups is 1. The summed E-state index contributed by atoms with van der Waals surface area (Å²) < 4.78 is 1.70. The van der Waals surface area contributed by atoms with Crippen molar-refractivity contribution in [2.75, 3.05) is 11.1 Å². The first-order valence-electron chi connectivity index (χ1n) is 5.52. The van der Waals surface area contributed by atoms with E-state index in [2.05, 4.69) is 10.4 Å². The predicted octanol–water partition coefficient (Wildman–Crippen LogP) is 1.44. The summed E-state index contributed by atoms with van der Waals surface area (Å²) in [5.74, 6) is -0.423. The normalized spacial score (nSPS) is 10.3. The number of carbonyl (C=O) groups excluding carboxylic acids is 1. The molecule has 6 nitrogen and oxygen atoms in total. The topological polar surface area (TPSA) is 93.2 Å². The van der Waals surface area contributed by atoms with Crippen LogP contribution in [0, 0.1) is 0 Å². The number of amides is 1. The monoisotopic (exact) mass is 246 g/mol. The van der Waals surface area contributed by atoms with Gasteiger partial charge in [-0.2, -0.15) is 5.10 Å². The quantitative estimate of drug-likeness (QED) is 0.564. The Kier molecular flexibility index (Phi) is 3.18. The Morgan fingerprint density at radius 1 is 1.56 bits per heavy atom. The predicted molar refractivity (Wildman–Crippen MR) is 68.4 cm³/mol. The van der Waals surface area contributed by atoms with E-state index in [4.69, 9.17) is 5.73 Å². The number of nitrogen functional groups attached to an aromatic ring is 1. The summed E-state index contributed by atoms with van der Waals surface area (Å²) >= 11 is 0. The van der Waals surface area contributed by atoms with Gasteiger partial charge in [-0.3, -0.25) is 9.48 Å². The van der Waals surface area contributed by atoms with Crippen LogP contribution in [-0.4, -0.2) is 20.8 Å². The van der Waals surface area contributed by atoms with Crippen LogP contribution in [0.4, 0.5) is 11.4 Å². The number of nitrogens with two attached hydrogens (primary N) is 1. The Hall–Kier alpha value is -2.50. The molecule has 6 heteroatoms. The first kappa shape index (κ1) is 12.0. The van der Waals surface area contributed by atoms with Crippen LogP contribution in [0.25, 0.3) is 0 Å². The van der Waals surface area contributed by atoms with Crippen LogP contribution in [0.15, 0.2) is 30.6 Å². The summed E-state index contributed by atoms with van der Waals surface area (Å²) in [5.41, 5.74) is 6.66. The molecule has 0 saturated carbocycles. The van der Waals surface area contributed by atoms with Crippen LogP contribution in [0.3, 0.4) is 0 Å². The Morgan fingerprint density at radius 2 is 2.33 bits per heavy atom. The largest absolute Gasteiger partial charge is 0.506 e. The molecule has 2 aromatic rings. The maximum absolute atomic E-state index is 11.9. The number of hydrogen-bond donors (Lipinski definition) is 3. The Labute approximate surface area is 104 Å². The van der Waals surface area contributed by atoms with E-state index < -0.39 is 0 Å². The highest BCUT2D eigenvalue weighted by Gasteiger charge is 2.09. The molecule has 0 bridgehead atoms. The number of nitrogens with zero attached hydrogens (tertiary/aromatic N) is 2. The molecule has 0 radical (unpaired) electrons. The smallest absolute Gasteiger partial charge is 0.255 e. The van der Waals surface area contributed by atoms with Crippen LogP contribution in [0.5, 0.6) is 5.75 Å². The van der Waals surface area contributed by atoms with Gasteiger partial charge in [0.15, 0.2) is 0 Å². The van der Waals surface area contributed by atoms with Crippen molar-refractivity contribution < 1.29 is 9.90 Å². The SMILES string of the molecule is CCn1cc(NC(=O)c2ccc(N)c(O)c2)cn1. The molecule has 0 aliphatic carbocycles. The van der Waals surface area contributed by atoms with Crippen LogP contribution in [0.1, 0.15) is 17.3 Å². The zero-order chi connectivity index (χ0) is 13.1. The van der Waals surface area contributed by atoms with Gasteiger partial charge in [-0.05, 0) is 25.1 Å². The van der Waals surface area contributed by atoms with Crippen LogP contribution in [-0.2, 0) is 6.54 Å². The van der Waals surface area contributed by atoms with Crippen molar-refractivity contribution in [3.05, 3.63) is 36.2 Å². The van der Waals surface area contributed by atoms with Crippen molar-refractivity contribution >= 4 is 17.3 Å². The molecule has 18 heavy (non-hydrogen) atoms. The van der Waals surface area contributed by atoms with Gasteiger partial charge in [0.25, 0.3) is 5.91 Å². The molecule has 4 N–H and O–H groups in total. The van der Waals surface area contributed by atoms with E-state index in [1.54, 1.807) is 23.1 Å². The minimum Gasteiger partial charge on any atom is -0.506 e. The molecule has 1 aromatic carbocycles. The highest BCUT2D eigenvalue weighted by molar-refractivity contribution is 6.04. The second-order valence-electron chi connectivity index (χ2n) is 3.81. The maximum atomic E-state index is 11.9. The molecule has 1 heterocycles. The average Bonchev–Trinajstić information content (AvgIpc) is 2.80. The van der Waals surface area contributed by atoms with Crippen molar-refractivity contribution in [1.29, 1.82) is 0 Å². The molecule has 0 aliphatic heterocycles. The molecule has 2 rings (SSSR count). The highest BCUT2D eigenvalue weighted by atomic mass is 16.3. The third-order valence-electron chi connectivity index (χ3n) is 2.51. The number of aromatic nitrogens is 2. The minimum absolute atomic E-state index is 0.105. The average molecular weight is 246 g/mol. The van der Waals surface area contributed by atoms with Crippen molar-refractivity contribution in [3.63, 3.8) is 0 Å². The summed E-state index contributed by atoms with van der Waals surface area (Å²) in [6.07, 6.45) is 3.30. The lowest BCUT2D eigenvalue weighted by molar-refractivity contribution is 0.102. The van der Waals surface area contributed by atoms with Crippen molar-refractivity contribution in [1.82, 2.24) is 9.78 Å². The van der Waals surface area contributed by atoms with Crippen molar-refractivity contribution in [2.45, 2.75) is 13.5 Å². The molecule has 94 valence electrons. The lowest BCUT2D eigenvalue weighted by Crippen LogP contribution is -2.11. The van der Waals surface area contributed by atoms with E-state index in [0.29, 0.717) is 11.3 Å². The van der Waals surface area contributed by atoms with E-state index in [1.165, 1.54) is 12.1 Å². The standard InChI is InChI=1S/C12H14N4O2/c1-2-16-7-9(6-14-16)15-12(18)8-3-4-10(13)11(17)5-8/h3-7,17H,2,13H2,1H3,(H,15,18). The van der Waals surface area contributed by atoms with Gasteiger partial charge in [0.05, 0.1) is 17.6 Å². The second kappa shape index (κ2) is 4.79. The Morgan fingerprint density at radius 3 is 2.94 bits per heavy atom. The molecule has 0 fully saturated rings. The number of hydrogen-bond acceptors (Lipinski definition) is 4.